The van der Waals surface area contributed by atoms with E-state index in [1.807, 2.05) is 12.1 Å². The van der Waals surface area contributed by atoms with Gasteiger partial charge in [0.25, 0.3) is 0 Å². The van der Waals surface area contributed by atoms with Crippen molar-refractivity contribution in [2.24, 2.45) is 5.92 Å². The van der Waals surface area contributed by atoms with E-state index in [1.54, 1.807) is 18.6 Å². The molecule has 162 valence electrons. The van der Waals surface area contributed by atoms with Crippen LogP contribution in [0.15, 0.2) is 30.2 Å². The third kappa shape index (κ3) is 5.20. The molecule has 1 aliphatic heterocycles. The van der Waals surface area contributed by atoms with E-state index in [2.05, 4.69) is 35.5 Å². The van der Waals surface area contributed by atoms with Crippen LogP contribution < -0.4 is 10.2 Å². The van der Waals surface area contributed by atoms with Crippen LogP contribution in [0, 0.1) is 5.92 Å². The summed E-state index contributed by atoms with van der Waals surface area (Å²) in [5.74, 6) is 0.684. The van der Waals surface area contributed by atoms with Crippen LogP contribution in [0.4, 0.5) is 10.9 Å². The van der Waals surface area contributed by atoms with Crippen molar-refractivity contribution in [2.75, 3.05) is 29.9 Å². The average molecular weight is 443 g/mol. The molecule has 0 aliphatic carbocycles. The van der Waals surface area contributed by atoms with Gasteiger partial charge in [-0.2, -0.15) is 5.10 Å². The van der Waals surface area contributed by atoms with Crippen molar-refractivity contribution in [1.29, 1.82) is 0 Å². The molecule has 3 aromatic heterocycles. The van der Waals surface area contributed by atoms with Gasteiger partial charge < -0.3 is 15.0 Å². The van der Waals surface area contributed by atoms with E-state index in [1.165, 1.54) is 22.3 Å². The minimum absolute atomic E-state index is 0.0890. The van der Waals surface area contributed by atoms with Crippen LogP contribution in [0.3, 0.4) is 0 Å². The van der Waals surface area contributed by atoms with E-state index in [9.17, 15) is 9.59 Å². The normalized spacial score (nSPS) is 16.2. The van der Waals surface area contributed by atoms with E-state index in [0.717, 1.165) is 19.4 Å². The van der Waals surface area contributed by atoms with Crippen LogP contribution in [0.2, 0.25) is 0 Å². The zero-order valence-corrected chi connectivity index (χ0v) is 17.8. The van der Waals surface area contributed by atoms with Gasteiger partial charge in [-0.25, -0.2) is 14.6 Å². The fourth-order valence-corrected chi connectivity index (χ4v) is 4.06. The molecule has 1 fully saturated rings. The highest BCUT2D eigenvalue weighted by molar-refractivity contribution is 7.13. The van der Waals surface area contributed by atoms with Gasteiger partial charge in [0.2, 0.25) is 5.91 Å². The lowest BCUT2D eigenvalue weighted by molar-refractivity contribution is -0.142. The number of anilines is 2. The summed E-state index contributed by atoms with van der Waals surface area (Å²) in [6, 6.07) is 3.69. The summed E-state index contributed by atoms with van der Waals surface area (Å²) in [7, 11) is 0. The molecule has 1 amide bonds. The molecular formula is C19H22N8O3S. The lowest BCUT2D eigenvalue weighted by atomic mass is 9.97. The maximum atomic E-state index is 12.8. The summed E-state index contributed by atoms with van der Waals surface area (Å²) >= 11 is 1.30. The zero-order valence-electron chi connectivity index (χ0n) is 17.0. The number of carbonyl (C=O) groups excluding carboxylic acids is 2. The number of thiazole rings is 1. The Balaban J connectivity index is 1.34. The van der Waals surface area contributed by atoms with Crippen molar-refractivity contribution in [1.82, 2.24) is 29.9 Å². The quantitative estimate of drug-likeness (QED) is 0.541. The van der Waals surface area contributed by atoms with E-state index in [-0.39, 0.29) is 24.2 Å². The number of carbonyl (C=O) groups is 2. The molecule has 0 bridgehead atoms. The first-order valence-electron chi connectivity index (χ1n) is 9.97. The van der Waals surface area contributed by atoms with Gasteiger partial charge in [0.1, 0.15) is 12.7 Å². The summed E-state index contributed by atoms with van der Waals surface area (Å²) in [5.41, 5.74) is 0.590. The number of hydrogen-bond donors (Lipinski definition) is 1. The van der Waals surface area contributed by atoms with Gasteiger partial charge in [-0.05, 0) is 31.9 Å². The molecule has 0 spiro atoms. The number of nitrogens with zero attached hydrogens (tertiary/aromatic N) is 7. The number of aromatic nitrogens is 6. The molecule has 3 aromatic rings. The molecule has 12 heteroatoms. The Morgan fingerprint density at radius 3 is 2.87 bits per heavy atom. The number of hydrogen-bond acceptors (Lipinski definition) is 10. The van der Waals surface area contributed by atoms with Crippen LogP contribution in [0.1, 0.15) is 25.5 Å². The molecule has 1 atom stereocenters. The predicted molar refractivity (Wildman–Crippen MR) is 113 cm³/mol. The second-order valence-corrected chi connectivity index (χ2v) is 7.85. The molecule has 4 heterocycles. The summed E-state index contributed by atoms with van der Waals surface area (Å²) in [6.45, 7) is 3.44. The van der Waals surface area contributed by atoms with Crippen molar-refractivity contribution in [3.63, 3.8) is 0 Å². The second kappa shape index (κ2) is 9.60. The molecule has 0 aromatic carbocycles. The van der Waals surface area contributed by atoms with Gasteiger partial charge in [0.15, 0.2) is 16.8 Å². The zero-order chi connectivity index (χ0) is 21.6. The highest BCUT2D eigenvalue weighted by Gasteiger charge is 2.27. The molecule has 0 unspecified atom stereocenters. The Hall–Kier alpha value is -3.41. The maximum absolute atomic E-state index is 12.8. The number of piperidine rings is 1. The van der Waals surface area contributed by atoms with Crippen LogP contribution in [-0.4, -0.2) is 61.5 Å². The topological polar surface area (TPSA) is 128 Å². The van der Waals surface area contributed by atoms with Gasteiger partial charge in [0, 0.05) is 18.5 Å². The molecule has 1 saturated heterocycles. The minimum Gasteiger partial charge on any atom is -0.466 e. The fourth-order valence-electron chi connectivity index (χ4n) is 3.35. The molecular weight excluding hydrogens is 420 g/mol. The van der Waals surface area contributed by atoms with Gasteiger partial charge in [0.05, 0.1) is 24.6 Å². The first-order chi connectivity index (χ1) is 15.1. The summed E-state index contributed by atoms with van der Waals surface area (Å²) in [6.07, 6.45) is 4.75. The molecule has 4 rings (SSSR count). The molecule has 11 nitrogen and oxygen atoms in total. The highest BCUT2D eigenvalue weighted by atomic mass is 32.1. The first kappa shape index (κ1) is 20.8. The Morgan fingerprint density at radius 1 is 1.29 bits per heavy atom. The Kier molecular flexibility index (Phi) is 6.46. The molecule has 0 saturated carbocycles. The second-order valence-electron chi connectivity index (χ2n) is 6.99. The van der Waals surface area contributed by atoms with Crippen molar-refractivity contribution in [2.45, 2.75) is 26.2 Å². The van der Waals surface area contributed by atoms with E-state index in [4.69, 9.17) is 4.74 Å². The third-order valence-corrected chi connectivity index (χ3v) is 5.63. The Bertz CT molecular complexity index is 1020. The number of amides is 1. The lowest BCUT2D eigenvalue weighted by Gasteiger charge is -2.32. The predicted octanol–water partition coefficient (Wildman–Crippen LogP) is 1.47. The fraction of sp³-hybridized carbons (Fsp3) is 0.421. The van der Waals surface area contributed by atoms with E-state index in [0.29, 0.717) is 35.6 Å². The smallest absolute Gasteiger partial charge is 0.311 e. The largest absolute Gasteiger partial charge is 0.466 e. The molecule has 0 radical (unpaired) electrons. The maximum Gasteiger partial charge on any atom is 0.311 e. The monoisotopic (exact) mass is 442 g/mol. The van der Waals surface area contributed by atoms with Crippen LogP contribution in [-0.2, 0) is 20.7 Å². The molecule has 1 aliphatic rings. The Labute approximate surface area is 182 Å². The number of ether oxygens (including phenoxy) is 1. The van der Waals surface area contributed by atoms with Crippen LogP contribution >= 0.6 is 11.3 Å². The van der Waals surface area contributed by atoms with Gasteiger partial charge in [-0.1, -0.05) is 0 Å². The highest BCUT2D eigenvalue weighted by Crippen LogP contribution is 2.24. The number of rotatable bonds is 7. The van der Waals surface area contributed by atoms with Crippen molar-refractivity contribution in [3.05, 3.63) is 35.9 Å². The summed E-state index contributed by atoms with van der Waals surface area (Å²) in [5, 5.41) is 17.6. The van der Waals surface area contributed by atoms with Crippen molar-refractivity contribution < 1.29 is 14.3 Å². The van der Waals surface area contributed by atoms with Gasteiger partial charge in [-0.15, -0.1) is 21.5 Å². The van der Waals surface area contributed by atoms with Crippen LogP contribution in [0.5, 0.6) is 0 Å². The minimum atomic E-state index is -0.329. The third-order valence-electron chi connectivity index (χ3n) is 4.82. The van der Waals surface area contributed by atoms with Crippen molar-refractivity contribution in [3.8, 4) is 5.82 Å². The number of nitrogens with one attached hydrogen (secondary N) is 1. The number of esters is 1. The Morgan fingerprint density at radius 2 is 2.13 bits per heavy atom. The summed E-state index contributed by atoms with van der Waals surface area (Å²) < 4.78 is 6.46. The van der Waals surface area contributed by atoms with E-state index < -0.39 is 0 Å². The lowest BCUT2D eigenvalue weighted by Crippen LogP contribution is -2.41. The average Bonchev–Trinajstić information content (AvgIpc) is 3.47. The molecule has 31 heavy (non-hydrogen) atoms. The van der Waals surface area contributed by atoms with Gasteiger partial charge in [-0.3, -0.25) is 9.59 Å². The summed E-state index contributed by atoms with van der Waals surface area (Å²) in [4.78, 5) is 34.6. The SMILES string of the molecule is CCOC(=O)Cc1csc(NC(=O)[C@H]2CCCN(c3ccc(-n4cncn4)nn3)C2)n1. The van der Waals surface area contributed by atoms with Crippen LogP contribution in [0.25, 0.3) is 5.82 Å². The molecule has 1 N–H and O–H groups in total. The standard InChI is InChI=1S/C19H22N8O3S/c1-2-30-17(28)8-14-10-31-19(22-14)23-18(29)13-4-3-7-26(9-13)15-5-6-16(25-24-15)27-12-20-11-21-27/h5-6,10-13H,2-4,7-9H2,1H3,(H,22,23,29)/t13-/m0/s1. The van der Waals surface area contributed by atoms with Gasteiger partial charge >= 0.3 is 5.97 Å². The van der Waals surface area contributed by atoms with E-state index >= 15 is 0 Å². The van der Waals surface area contributed by atoms with Crippen molar-refractivity contribution >= 4 is 34.2 Å². The first-order valence-corrected chi connectivity index (χ1v) is 10.8.